The van der Waals surface area contributed by atoms with Gasteiger partial charge >= 0.3 is 12.1 Å². The number of aliphatic carboxylic acids is 1. The summed E-state index contributed by atoms with van der Waals surface area (Å²) in [6.45, 7) is 11.4. The van der Waals surface area contributed by atoms with Gasteiger partial charge in [0.15, 0.2) is 0 Å². The number of alkyl carbamates (subject to hydrolysis) is 1. The second kappa shape index (κ2) is 10.5. The summed E-state index contributed by atoms with van der Waals surface area (Å²) in [7, 11) is 0. The first kappa shape index (κ1) is 24.7. The van der Waals surface area contributed by atoms with Crippen molar-refractivity contribution in [3.8, 4) is 0 Å². The van der Waals surface area contributed by atoms with Crippen molar-refractivity contribution in [1.82, 2.24) is 15.5 Å². The highest BCUT2D eigenvalue weighted by atomic mass is 16.6. The van der Waals surface area contributed by atoms with Crippen molar-refractivity contribution < 1.29 is 29.0 Å². The Morgan fingerprint density at radius 3 is 2.07 bits per heavy atom. The van der Waals surface area contributed by atoms with Gasteiger partial charge in [0, 0.05) is 19.0 Å². The van der Waals surface area contributed by atoms with Gasteiger partial charge in [0.25, 0.3) is 0 Å². The summed E-state index contributed by atoms with van der Waals surface area (Å²) >= 11 is 0. The van der Waals surface area contributed by atoms with Gasteiger partial charge in [-0.15, -0.1) is 0 Å². The Morgan fingerprint density at radius 2 is 1.62 bits per heavy atom. The molecule has 0 radical (unpaired) electrons. The highest BCUT2D eigenvalue weighted by Crippen LogP contribution is 2.20. The minimum Gasteiger partial charge on any atom is -0.480 e. The van der Waals surface area contributed by atoms with Crippen LogP contribution < -0.4 is 10.6 Å². The van der Waals surface area contributed by atoms with Crippen molar-refractivity contribution in [2.24, 2.45) is 11.8 Å². The molecule has 1 saturated heterocycles. The molecule has 0 unspecified atom stereocenters. The molecule has 1 aliphatic rings. The van der Waals surface area contributed by atoms with E-state index in [4.69, 9.17) is 9.84 Å². The average molecular weight is 414 g/mol. The SMILES string of the molecule is CC(C)C[C@@H](NC(=O)OC(C)(C)C)C(=O)N1CCC(C(=O)N[C@H](C)C(=O)O)CC1. The van der Waals surface area contributed by atoms with Gasteiger partial charge in [0.1, 0.15) is 17.7 Å². The monoisotopic (exact) mass is 413 g/mol. The molecular weight excluding hydrogens is 378 g/mol. The Balaban J connectivity index is 2.66. The molecule has 9 nitrogen and oxygen atoms in total. The second-order valence-electron chi connectivity index (χ2n) is 9.00. The van der Waals surface area contributed by atoms with Crippen LogP contribution in [0.1, 0.15) is 60.8 Å². The summed E-state index contributed by atoms with van der Waals surface area (Å²) in [5.41, 5.74) is -0.658. The third-order valence-electron chi connectivity index (χ3n) is 4.60. The van der Waals surface area contributed by atoms with Crippen LogP contribution in [0, 0.1) is 11.8 Å². The third kappa shape index (κ3) is 8.70. The number of likely N-dealkylation sites (tertiary alicyclic amines) is 1. The first-order valence-electron chi connectivity index (χ1n) is 10.1. The van der Waals surface area contributed by atoms with Crippen LogP contribution in [0.5, 0.6) is 0 Å². The van der Waals surface area contributed by atoms with Gasteiger partial charge in [0.05, 0.1) is 0 Å². The molecule has 2 atom stereocenters. The number of ether oxygens (including phenoxy) is 1. The smallest absolute Gasteiger partial charge is 0.408 e. The van der Waals surface area contributed by atoms with E-state index in [1.165, 1.54) is 6.92 Å². The van der Waals surface area contributed by atoms with Crippen molar-refractivity contribution in [2.75, 3.05) is 13.1 Å². The number of hydrogen-bond donors (Lipinski definition) is 3. The molecule has 0 saturated carbocycles. The van der Waals surface area contributed by atoms with E-state index >= 15 is 0 Å². The van der Waals surface area contributed by atoms with Gasteiger partial charge < -0.3 is 25.4 Å². The summed E-state index contributed by atoms with van der Waals surface area (Å²) in [6, 6.07) is -1.64. The molecule has 3 amide bonds. The number of rotatable bonds is 7. The van der Waals surface area contributed by atoms with Crippen molar-refractivity contribution in [1.29, 1.82) is 0 Å². The molecule has 0 aromatic carbocycles. The molecule has 0 spiro atoms. The number of nitrogens with one attached hydrogen (secondary N) is 2. The fourth-order valence-corrected chi connectivity index (χ4v) is 3.12. The molecule has 0 aromatic heterocycles. The van der Waals surface area contributed by atoms with E-state index in [2.05, 4.69) is 10.6 Å². The summed E-state index contributed by atoms with van der Waals surface area (Å²) in [6.07, 6.45) is 0.748. The van der Waals surface area contributed by atoms with E-state index in [1.807, 2.05) is 13.8 Å². The maximum atomic E-state index is 13.0. The van der Waals surface area contributed by atoms with Crippen molar-refractivity contribution >= 4 is 23.9 Å². The van der Waals surface area contributed by atoms with Gasteiger partial charge in [0.2, 0.25) is 11.8 Å². The molecule has 166 valence electrons. The summed E-state index contributed by atoms with van der Waals surface area (Å²) < 4.78 is 5.27. The lowest BCUT2D eigenvalue weighted by Crippen LogP contribution is -2.53. The molecule has 1 aliphatic heterocycles. The second-order valence-corrected chi connectivity index (χ2v) is 9.00. The number of amides is 3. The average Bonchev–Trinajstić information content (AvgIpc) is 2.58. The van der Waals surface area contributed by atoms with Crippen molar-refractivity contribution in [3.05, 3.63) is 0 Å². The van der Waals surface area contributed by atoms with E-state index in [0.29, 0.717) is 32.4 Å². The first-order valence-corrected chi connectivity index (χ1v) is 10.1. The summed E-state index contributed by atoms with van der Waals surface area (Å²) in [4.78, 5) is 49.8. The summed E-state index contributed by atoms with van der Waals surface area (Å²) in [5, 5.41) is 14.1. The fraction of sp³-hybridized carbons (Fsp3) is 0.800. The van der Waals surface area contributed by atoms with Crippen molar-refractivity contribution in [2.45, 2.75) is 78.5 Å². The molecule has 0 bridgehead atoms. The highest BCUT2D eigenvalue weighted by molar-refractivity contribution is 5.87. The maximum Gasteiger partial charge on any atom is 0.408 e. The van der Waals surface area contributed by atoms with Crippen LogP contribution in [-0.2, 0) is 19.1 Å². The third-order valence-corrected chi connectivity index (χ3v) is 4.60. The molecule has 3 N–H and O–H groups in total. The van der Waals surface area contributed by atoms with Crippen LogP contribution in [0.4, 0.5) is 4.79 Å². The number of nitrogens with zero attached hydrogens (tertiary/aromatic N) is 1. The molecule has 29 heavy (non-hydrogen) atoms. The van der Waals surface area contributed by atoms with E-state index in [1.54, 1.807) is 25.7 Å². The molecular formula is C20H35N3O6. The van der Waals surface area contributed by atoms with Gasteiger partial charge in [-0.2, -0.15) is 0 Å². The molecule has 1 rings (SSSR count). The van der Waals surface area contributed by atoms with E-state index in [0.717, 1.165) is 0 Å². The highest BCUT2D eigenvalue weighted by Gasteiger charge is 2.33. The van der Waals surface area contributed by atoms with E-state index in [9.17, 15) is 19.2 Å². The van der Waals surface area contributed by atoms with Gasteiger partial charge in [-0.3, -0.25) is 14.4 Å². The Bertz CT molecular complexity index is 606. The zero-order valence-electron chi connectivity index (χ0n) is 18.3. The lowest BCUT2D eigenvalue weighted by atomic mass is 9.94. The number of carbonyl (C=O) groups is 4. The van der Waals surface area contributed by atoms with Crippen LogP contribution >= 0.6 is 0 Å². The quantitative estimate of drug-likeness (QED) is 0.584. The van der Waals surface area contributed by atoms with Crippen LogP contribution in [0.3, 0.4) is 0 Å². The van der Waals surface area contributed by atoms with Gasteiger partial charge in [-0.25, -0.2) is 4.79 Å². The van der Waals surface area contributed by atoms with Crippen LogP contribution in [0.25, 0.3) is 0 Å². The Kier molecular flexibility index (Phi) is 8.91. The van der Waals surface area contributed by atoms with Gasteiger partial charge in [-0.1, -0.05) is 13.8 Å². The Morgan fingerprint density at radius 1 is 1.07 bits per heavy atom. The Hall–Kier alpha value is -2.32. The van der Waals surface area contributed by atoms with Crippen LogP contribution in [0.15, 0.2) is 0 Å². The molecule has 1 fully saturated rings. The number of hydrogen-bond acceptors (Lipinski definition) is 5. The zero-order chi connectivity index (χ0) is 22.4. The predicted octanol–water partition coefficient (Wildman–Crippen LogP) is 1.75. The molecule has 1 heterocycles. The normalized spacial score (nSPS) is 17.4. The molecule has 9 heteroatoms. The first-order chi connectivity index (χ1) is 13.3. The number of carboxylic acid groups (broad SMARTS) is 1. The Labute approximate surface area is 172 Å². The summed E-state index contributed by atoms with van der Waals surface area (Å²) in [5.74, 6) is -1.72. The number of carboxylic acids is 1. The standard InChI is InChI=1S/C20H35N3O6/c1-12(2)11-15(22-19(28)29-20(4,5)6)17(25)23-9-7-14(8-10-23)16(24)21-13(3)18(26)27/h12-15H,7-11H2,1-6H3,(H,21,24)(H,22,28)(H,26,27)/t13-,15-/m1/s1. The van der Waals surface area contributed by atoms with E-state index in [-0.39, 0.29) is 23.7 Å². The predicted molar refractivity (Wildman–Crippen MR) is 107 cm³/mol. The molecule has 0 aromatic rings. The number of carbonyl (C=O) groups excluding carboxylic acids is 3. The topological polar surface area (TPSA) is 125 Å². The van der Waals surface area contributed by atoms with Crippen LogP contribution in [0.2, 0.25) is 0 Å². The lowest BCUT2D eigenvalue weighted by Gasteiger charge is -2.34. The van der Waals surface area contributed by atoms with E-state index < -0.39 is 29.7 Å². The maximum absolute atomic E-state index is 13.0. The minimum atomic E-state index is -1.09. The fourth-order valence-electron chi connectivity index (χ4n) is 3.12. The largest absolute Gasteiger partial charge is 0.480 e. The van der Waals surface area contributed by atoms with Crippen LogP contribution in [-0.4, -0.2) is 64.7 Å². The number of piperidine rings is 1. The van der Waals surface area contributed by atoms with Gasteiger partial charge in [-0.05, 0) is 52.9 Å². The lowest BCUT2D eigenvalue weighted by molar-refractivity contribution is -0.142. The molecule has 0 aliphatic carbocycles. The zero-order valence-corrected chi connectivity index (χ0v) is 18.3. The minimum absolute atomic E-state index is 0.192. The van der Waals surface area contributed by atoms with Crippen molar-refractivity contribution in [3.63, 3.8) is 0 Å².